The Balaban J connectivity index is 2.31. The van der Waals surface area contributed by atoms with Gasteiger partial charge in [-0.3, -0.25) is 9.59 Å². The second-order valence-electron chi connectivity index (χ2n) is 5.30. The fraction of sp³-hybridized carbons (Fsp3) is 0.769. The van der Waals surface area contributed by atoms with Crippen molar-refractivity contribution in [3.63, 3.8) is 0 Å². The van der Waals surface area contributed by atoms with Gasteiger partial charge in [0.2, 0.25) is 5.91 Å². The summed E-state index contributed by atoms with van der Waals surface area (Å²) >= 11 is 0. The molecule has 0 heterocycles. The third kappa shape index (κ3) is 4.89. The summed E-state index contributed by atoms with van der Waals surface area (Å²) in [6.07, 6.45) is 2.01. The number of nitrogens with zero attached hydrogens (tertiary/aromatic N) is 1. The van der Waals surface area contributed by atoms with E-state index in [-0.39, 0.29) is 19.0 Å². The second kappa shape index (κ2) is 7.82. The van der Waals surface area contributed by atoms with Gasteiger partial charge in [-0.05, 0) is 12.8 Å². The number of hydrogen-bond acceptors (Lipinski definition) is 4. The SMILES string of the molecule is COCCNC(=O)CN(C)C(=O)NCC1(C(=O)O)CCC1. The molecule has 0 aromatic rings. The number of rotatable bonds is 8. The van der Waals surface area contributed by atoms with Crippen LogP contribution in [0.4, 0.5) is 4.79 Å². The van der Waals surface area contributed by atoms with Crippen LogP contribution < -0.4 is 10.6 Å². The van der Waals surface area contributed by atoms with E-state index in [0.717, 1.165) is 6.42 Å². The summed E-state index contributed by atoms with van der Waals surface area (Å²) in [6.45, 7) is 0.794. The van der Waals surface area contributed by atoms with Crippen molar-refractivity contribution in [3.05, 3.63) is 0 Å². The molecule has 0 aromatic heterocycles. The van der Waals surface area contributed by atoms with E-state index in [1.165, 1.54) is 19.1 Å². The van der Waals surface area contributed by atoms with E-state index in [0.29, 0.717) is 26.0 Å². The van der Waals surface area contributed by atoms with Gasteiger partial charge in [-0.15, -0.1) is 0 Å². The number of hydrogen-bond donors (Lipinski definition) is 3. The number of ether oxygens (including phenoxy) is 1. The zero-order valence-corrected chi connectivity index (χ0v) is 12.5. The molecule has 1 aliphatic rings. The second-order valence-corrected chi connectivity index (χ2v) is 5.30. The standard InChI is InChI=1S/C13H23N3O5/c1-16(8-10(17)14-6-7-21-2)12(20)15-9-13(11(18)19)4-3-5-13/h3-9H2,1-2H3,(H,14,17)(H,15,20)(H,18,19). The molecular weight excluding hydrogens is 278 g/mol. The lowest BCUT2D eigenvalue weighted by atomic mass is 9.69. The van der Waals surface area contributed by atoms with Crippen molar-refractivity contribution in [2.75, 3.05) is 40.4 Å². The van der Waals surface area contributed by atoms with Crippen molar-refractivity contribution >= 4 is 17.9 Å². The van der Waals surface area contributed by atoms with Crippen molar-refractivity contribution in [3.8, 4) is 0 Å². The molecule has 0 aromatic carbocycles. The van der Waals surface area contributed by atoms with Crippen LogP contribution >= 0.6 is 0 Å². The largest absolute Gasteiger partial charge is 0.481 e. The zero-order valence-electron chi connectivity index (χ0n) is 12.5. The number of urea groups is 1. The molecule has 0 bridgehead atoms. The number of methoxy groups -OCH3 is 1. The number of carbonyl (C=O) groups excluding carboxylic acids is 2. The Kier molecular flexibility index (Phi) is 6.41. The predicted octanol–water partition coefficient (Wildman–Crippen LogP) is -0.355. The van der Waals surface area contributed by atoms with Crippen LogP contribution in [0.2, 0.25) is 0 Å². The first-order valence-electron chi connectivity index (χ1n) is 6.89. The van der Waals surface area contributed by atoms with E-state index < -0.39 is 17.4 Å². The van der Waals surface area contributed by atoms with Crippen LogP contribution in [0.25, 0.3) is 0 Å². The van der Waals surface area contributed by atoms with Gasteiger partial charge in [-0.1, -0.05) is 6.42 Å². The van der Waals surface area contributed by atoms with Gasteiger partial charge in [0.05, 0.1) is 12.0 Å². The van der Waals surface area contributed by atoms with Crippen molar-refractivity contribution in [2.45, 2.75) is 19.3 Å². The number of carbonyl (C=O) groups is 3. The molecule has 0 radical (unpaired) electrons. The first-order chi connectivity index (χ1) is 9.91. The smallest absolute Gasteiger partial charge is 0.317 e. The Morgan fingerprint density at radius 1 is 1.29 bits per heavy atom. The summed E-state index contributed by atoms with van der Waals surface area (Å²) in [7, 11) is 3.02. The van der Waals surface area contributed by atoms with Crippen LogP contribution in [-0.4, -0.2) is 68.3 Å². The highest BCUT2D eigenvalue weighted by molar-refractivity contribution is 5.84. The number of likely N-dealkylation sites (N-methyl/N-ethyl adjacent to an activating group) is 1. The molecule has 1 saturated carbocycles. The van der Waals surface area contributed by atoms with Crippen LogP contribution in [0.15, 0.2) is 0 Å². The highest BCUT2D eigenvalue weighted by Gasteiger charge is 2.44. The summed E-state index contributed by atoms with van der Waals surface area (Å²) in [6, 6.07) is -0.454. The van der Waals surface area contributed by atoms with E-state index in [1.54, 1.807) is 0 Å². The number of carboxylic acid groups (broad SMARTS) is 1. The molecule has 0 spiro atoms. The number of aliphatic carboxylic acids is 1. The van der Waals surface area contributed by atoms with E-state index in [4.69, 9.17) is 9.84 Å². The normalized spacial score (nSPS) is 15.7. The molecule has 21 heavy (non-hydrogen) atoms. The maximum Gasteiger partial charge on any atom is 0.317 e. The van der Waals surface area contributed by atoms with Gasteiger partial charge >= 0.3 is 12.0 Å². The average Bonchev–Trinajstić information content (AvgIpc) is 2.36. The Morgan fingerprint density at radius 2 is 1.95 bits per heavy atom. The molecule has 3 N–H and O–H groups in total. The molecule has 0 unspecified atom stereocenters. The van der Waals surface area contributed by atoms with E-state index >= 15 is 0 Å². The van der Waals surface area contributed by atoms with Crippen LogP contribution in [0, 0.1) is 5.41 Å². The minimum atomic E-state index is -0.881. The van der Waals surface area contributed by atoms with E-state index in [9.17, 15) is 14.4 Å². The lowest BCUT2D eigenvalue weighted by Crippen LogP contribution is -2.51. The fourth-order valence-corrected chi connectivity index (χ4v) is 2.09. The lowest BCUT2D eigenvalue weighted by Gasteiger charge is -2.37. The highest BCUT2D eigenvalue weighted by atomic mass is 16.5. The van der Waals surface area contributed by atoms with Crippen molar-refractivity contribution in [2.24, 2.45) is 5.41 Å². The van der Waals surface area contributed by atoms with Crippen LogP contribution in [0.5, 0.6) is 0 Å². The Bertz CT molecular complexity index is 395. The minimum Gasteiger partial charge on any atom is -0.481 e. The summed E-state index contributed by atoms with van der Waals surface area (Å²) in [5.41, 5.74) is -0.836. The Labute approximate surface area is 123 Å². The highest BCUT2D eigenvalue weighted by Crippen LogP contribution is 2.40. The van der Waals surface area contributed by atoms with Crippen LogP contribution in [-0.2, 0) is 14.3 Å². The molecule has 8 heteroatoms. The van der Waals surface area contributed by atoms with Gasteiger partial charge < -0.3 is 25.4 Å². The predicted molar refractivity (Wildman–Crippen MR) is 74.8 cm³/mol. The summed E-state index contributed by atoms with van der Waals surface area (Å²) in [4.78, 5) is 35.8. The average molecular weight is 301 g/mol. The van der Waals surface area contributed by atoms with Gasteiger partial charge in [0.15, 0.2) is 0 Å². The Morgan fingerprint density at radius 3 is 2.43 bits per heavy atom. The molecule has 8 nitrogen and oxygen atoms in total. The van der Waals surface area contributed by atoms with Crippen molar-refractivity contribution < 1.29 is 24.2 Å². The van der Waals surface area contributed by atoms with Crippen molar-refractivity contribution in [1.82, 2.24) is 15.5 Å². The summed E-state index contributed by atoms with van der Waals surface area (Å²) in [5.74, 6) is -1.17. The summed E-state index contributed by atoms with van der Waals surface area (Å²) in [5, 5.41) is 14.3. The molecule has 120 valence electrons. The zero-order chi connectivity index (χ0) is 15.9. The first-order valence-corrected chi connectivity index (χ1v) is 6.89. The fourth-order valence-electron chi connectivity index (χ4n) is 2.09. The van der Waals surface area contributed by atoms with Crippen LogP contribution in [0.3, 0.4) is 0 Å². The molecule has 3 amide bonds. The molecule has 1 rings (SSSR count). The topological polar surface area (TPSA) is 108 Å². The monoisotopic (exact) mass is 301 g/mol. The maximum absolute atomic E-state index is 11.8. The first kappa shape index (κ1) is 17.2. The quantitative estimate of drug-likeness (QED) is 0.531. The van der Waals surface area contributed by atoms with E-state index in [2.05, 4.69) is 10.6 Å². The van der Waals surface area contributed by atoms with E-state index in [1.807, 2.05) is 0 Å². The Hall–Kier alpha value is -1.83. The van der Waals surface area contributed by atoms with Gasteiger partial charge in [0.25, 0.3) is 0 Å². The third-order valence-electron chi connectivity index (χ3n) is 3.70. The molecule has 0 atom stereocenters. The number of amides is 3. The number of carboxylic acids is 1. The molecular formula is C13H23N3O5. The maximum atomic E-state index is 11.8. The molecule has 1 aliphatic carbocycles. The summed E-state index contributed by atoms with van der Waals surface area (Å²) < 4.78 is 4.80. The van der Waals surface area contributed by atoms with Crippen LogP contribution in [0.1, 0.15) is 19.3 Å². The van der Waals surface area contributed by atoms with Gasteiger partial charge in [-0.25, -0.2) is 4.79 Å². The third-order valence-corrected chi connectivity index (χ3v) is 3.70. The number of nitrogens with one attached hydrogen (secondary N) is 2. The minimum absolute atomic E-state index is 0.0877. The lowest BCUT2D eigenvalue weighted by molar-refractivity contribution is -0.153. The van der Waals surface area contributed by atoms with Gasteiger partial charge in [-0.2, -0.15) is 0 Å². The molecule has 0 saturated heterocycles. The van der Waals surface area contributed by atoms with Crippen molar-refractivity contribution in [1.29, 1.82) is 0 Å². The molecule has 0 aliphatic heterocycles. The van der Waals surface area contributed by atoms with Gasteiger partial charge in [0, 0.05) is 27.2 Å². The molecule has 1 fully saturated rings. The van der Waals surface area contributed by atoms with Gasteiger partial charge in [0.1, 0.15) is 6.54 Å².